The zero-order valence-corrected chi connectivity index (χ0v) is 20.6. The van der Waals surface area contributed by atoms with Crippen molar-refractivity contribution in [3.05, 3.63) is 77.4 Å². The summed E-state index contributed by atoms with van der Waals surface area (Å²) in [5, 5.41) is 4.01. The number of nitrogens with zero attached hydrogens (tertiary/aromatic N) is 1. The molecule has 0 aliphatic heterocycles. The van der Waals surface area contributed by atoms with Gasteiger partial charge >= 0.3 is 5.97 Å². The Hall–Kier alpha value is -4.53. The number of benzene rings is 3. The Morgan fingerprint density at radius 1 is 0.778 bits per heavy atom. The van der Waals surface area contributed by atoms with Crippen LogP contribution in [-0.2, 0) is 0 Å². The molecule has 0 aliphatic carbocycles. The van der Waals surface area contributed by atoms with E-state index in [1.165, 1.54) is 20.4 Å². The van der Waals surface area contributed by atoms with E-state index in [0.717, 1.165) is 0 Å². The van der Waals surface area contributed by atoms with Gasteiger partial charge < -0.3 is 23.7 Å². The van der Waals surface area contributed by atoms with Gasteiger partial charge in [0, 0.05) is 5.56 Å². The predicted molar refractivity (Wildman–Crippen MR) is 135 cm³/mol. The monoisotopic (exact) mass is 492 g/mol. The van der Waals surface area contributed by atoms with Gasteiger partial charge in [0.1, 0.15) is 5.75 Å². The van der Waals surface area contributed by atoms with Gasteiger partial charge in [-0.2, -0.15) is 5.10 Å². The number of ether oxygens (including phenoxy) is 5. The van der Waals surface area contributed by atoms with E-state index in [-0.39, 0.29) is 5.75 Å². The van der Waals surface area contributed by atoms with Crippen LogP contribution >= 0.6 is 0 Å². The summed E-state index contributed by atoms with van der Waals surface area (Å²) in [6.45, 7) is 4.61. The highest BCUT2D eigenvalue weighted by atomic mass is 16.6. The smallest absolute Gasteiger partial charge is 0.343 e. The Bertz CT molecular complexity index is 1220. The van der Waals surface area contributed by atoms with Gasteiger partial charge in [0.15, 0.2) is 23.0 Å². The predicted octanol–water partition coefficient (Wildman–Crippen LogP) is 4.48. The highest BCUT2D eigenvalue weighted by Crippen LogP contribution is 2.29. The fourth-order valence-electron chi connectivity index (χ4n) is 3.18. The second-order valence-corrected chi connectivity index (χ2v) is 7.25. The second kappa shape index (κ2) is 12.8. The van der Waals surface area contributed by atoms with Crippen molar-refractivity contribution in [1.82, 2.24) is 5.43 Å². The molecule has 0 unspecified atom stereocenters. The Morgan fingerprint density at radius 2 is 1.44 bits per heavy atom. The fraction of sp³-hybridized carbons (Fsp3) is 0.222. The zero-order chi connectivity index (χ0) is 25.9. The van der Waals surface area contributed by atoms with Crippen molar-refractivity contribution in [3.8, 4) is 28.7 Å². The van der Waals surface area contributed by atoms with Gasteiger partial charge in [-0.15, -0.1) is 0 Å². The number of esters is 1. The van der Waals surface area contributed by atoms with Gasteiger partial charge in [-0.1, -0.05) is 0 Å². The number of amides is 1. The summed E-state index contributed by atoms with van der Waals surface area (Å²) in [6, 6.07) is 16.4. The molecule has 36 heavy (non-hydrogen) atoms. The van der Waals surface area contributed by atoms with E-state index in [9.17, 15) is 9.59 Å². The van der Waals surface area contributed by atoms with Crippen molar-refractivity contribution in [2.75, 3.05) is 27.4 Å². The third-order valence-corrected chi connectivity index (χ3v) is 4.90. The second-order valence-electron chi connectivity index (χ2n) is 7.25. The molecule has 188 valence electrons. The number of carbonyl (C=O) groups excluding carboxylic acids is 2. The molecule has 3 aromatic rings. The molecular weight excluding hydrogens is 464 g/mol. The van der Waals surface area contributed by atoms with Crippen LogP contribution in [0.25, 0.3) is 0 Å². The highest BCUT2D eigenvalue weighted by Gasteiger charge is 2.14. The van der Waals surface area contributed by atoms with Crippen molar-refractivity contribution in [2.24, 2.45) is 5.10 Å². The van der Waals surface area contributed by atoms with E-state index in [4.69, 9.17) is 23.7 Å². The first kappa shape index (κ1) is 26.1. The average molecular weight is 493 g/mol. The third kappa shape index (κ3) is 6.75. The lowest BCUT2D eigenvalue weighted by molar-refractivity contribution is 0.0728. The van der Waals surface area contributed by atoms with Crippen LogP contribution in [0.15, 0.2) is 65.8 Å². The molecule has 1 N–H and O–H groups in total. The maximum absolute atomic E-state index is 12.6. The minimum absolute atomic E-state index is 0.266. The van der Waals surface area contributed by atoms with Gasteiger partial charge in [-0.3, -0.25) is 4.79 Å². The first-order chi connectivity index (χ1) is 17.5. The lowest BCUT2D eigenvalue weighted by Crippen LogP contribution is -2.17. The van der Waals surface area contributed by atoms with E-state index in [0.29, 0.717) is 52.9 Å². The number of methoxy groups -OCH3 is 2. The fourth-order valence-corrected chi connectivity index (χ4v) is 3.18. The van der Waals surface area contributed by atoms with Crippen LogP contribution in [0, 0.1) is 0 Å². The van der Waals surface area contributed by atoms with Crippen molar-refractivity contribution in [2.45, 2.75) is 13.8 Å². The average Bonchev–Trinajstić information content (AvgIpc) is 2.90. The molecule has 1 amide bonds. The SMILES string of the molecule is CCOc1ccc(C(=O)Oc2ccc(/C=N/NC(=O)c3ccc(OC)c(OC)c3)cc2OCC)cc1. The molecule has 3 aromatic carbocycles. The molecule has 0 saturated heterocycles. The number of hydrogen-bond acceptors (Lipinski definition) is 8. The van der Waals surface area contributed by atoms with Crippen LogP contribution < -0.4 is 29.1 Å². The van der Waals surface area contributed by atoms with Crippen molar-refractivity contribution < 1.29 is 33.3 Å². The molecule has 9 heteroatoms. The minimum Gasteiger partial charge on any atom is -0.494 e. The number of rotatable bonds is 11. The topological polar surface area (TPSA) is 105 Å². The summed E-state index contributed by atoms with van der Waals surface area (Å²) in [6.07, 6.45) is 1.46. The molecule has 0 aromatic heterocycles. The summed E-state index contributed by atoms with van der Waals surface area (Å²) >= 11 is 0. The van der Waals surface area contributed by atoms with E-state index in [1.807, 2.05) is 13.8 Å². The van der Waals surface area contributed by atoms with Crippen LogP contribution in [0.2, 0.25) is 0 Å². The highest BCUT2D eigenvalue weighted by molar-refractivity contribution is 5.95. The number of carbonyl (C=O) groups is 2. The quantitative estimate of drug-likeness (QED) is 0.182. The molecule has 0 radical (unpaired) electrons. The largest absolute Gasteiger partial charge is 0.494 e. The molecular formula is C27H28N2O7. The summed E-state index contributed by atoms with van der Waals surface area (Å²) < 4.78 is 27.0. The lowest BCUT2D eigenvalue weighted by Gasteiger charge is -2.12. The molecule has 0 atom stereocenters. The standard InChI is InChI=1S/C27H28N2O7/c1-5-34-21-11-8-19(9-12-21)27(31)36-23-13-7-18(15-25(23)35-6-2)17-28-29-26(30)20-10-14-22(32-3)24(16-20)33-4/h7-17H,5-6H2,1-4H3,(H,29,30)/b28-17+. The van der Waals surface area contributed by atoms with Gasteiger partial charge in [0.05, 0.1) is 39.2 Å². The van der Waals surface area contributed by atoms with E-state index in [1.54, 1.807) is 60.7 Å². The molecule has 9 nitrogen and oxygen atoms in total. The van der Waals surface area contributed by atoms with Crippen LogP contribution in [0.4, 0.5) is 0 Å². The molecule has 0 bridgehead atoms. The maximum atomic E-state index is 12.6. The van der Waals surface area contributed by atoms with Crippen molar-refractivity contribution >= 4 is 18.1 Å². The summed E-state index contributed by atoms with van der Waals surface area (Å²) in [4.78, 5) is 25.0. The van der Waals surface area contributed by atoms with E-state index >= 15 is 0 Å². The minimum atomic E-state index is -0.525. The van der Waals surface area contributed by atoms with Crippen LogP contribution in [0.1, 0.15) is 40.1 Å². The Balaban J connectivity index is 1.68. The molecule has 0 saturated carbocycles. The zero-order valence-electron chi connectivity index (χ0n) is 20.6. The van der Waals surface area contributed by atoms with Gasteiger partial charge in [0.25, 0.3) is 5.91 Å². The normalized spacial score (nSPS) is 10.6. The summed E-state index contributed by atoms with van der Waals surface area (Å²) in [7, 11) is 3.01. The van der Waals surface area contributed by atoms with Crippen molar-refractivity contribution in [1.29, 1.82) is 0 Å². The Labute approximate surface area is 209 Å². The summed E-state index contributed by atoms with van der Waals surface area (Å²) in [5.74, 6) is 1.32. The van der Waals surface area contributed by atoms with E-state index in [2.05, 4.69) is 10.5 Å². The van der Waals surface area contributed by atoms with E-state index < -0.39 is 11.9 Å². The summed E-state index contributed by atoms with van der Waals surface area (Å²) in [5.41, 5.74) is 3.84. The van der Waals surface area contributed by atoms with Crippen LogP contribution in [0.3, 0.4) is 0 Å². The van der Waals surface area contributed by atoms with Crippen molar-refractivity contribution in [3.63, 3.8) is 0 Å². The first-order valence-corrected chi connectivity index (χ1v) is 11.3. The lowest BCUT2D eigenvalue weighted by atomic mass is 10.2. The third-order valence-electron chi connectivity index (χ3n) is 4.90. The van der Waals surface area contributed by atoms with Gasteiger partial charge in [-0.25, -0.2) is 10.2 Å². The molecule has 3 rings (SSSR count). The van der Waals surface area contributed by atoms with Gasteiger partial charge in [0.2, 0.25) is 0 Å². The first-order valence-electron chi connectivity index (χ1n) is 11.3. The molecule has 0 heterocycles. The maximum Gasteiger partial charge on any atom is 0.343 e. The van der Waals surface area contributed by atoms with Crippen LogP contribution in [0.5, 0.6) is 28.7 Å². The number of hydrogen-bond donors (Lipinski definition) is 1. The van der Waals surface area contributed by atoms with Gasteiger partial charge in [-0.05, 0) is 80.1 Å². The molecule has 0 spiro atoms. The molecule has 0 aliphatic rings. The number of nitrogens with one attached hydrogen (secondary N) is 1. The molecule has 0 fully saturated rings. The Morgan fingerprint density at radius 3 is 2.11 bits per heavy atom. The van der Waals surface area contributed by atoms with Crippen LogP contribution in [-0.4, -0.2) is 45.5 Å². The Kier molecular flexibility index (Phi) is 9.27. The number of hydrazone groups is 1.